The third-order valence-electron chi connectivity index (χ3n) is 2.55. The van der Waals surface area contributed by atoms with Crippen LogP contribution in [0.15, 0.2) is 18.2 Å². The van der Waals surface area contributed by atoms with Gasteiger partial charge in [-0.3, -0.25) is 9.69 Å². The Morgan fingerprint density at radius 3 is 2.59 bits per heavy atom. The first-order valence-electron chi connectivity index (χ1n) is 5.71. The zero-order chi connectivity index (χ0) is 12.8. The normalized spacial score (nSPS) is 10.9. The quantitative estimate of drug-likeness (QED) is 0.733. The zero-order valence-electron chi connectivity index (χ0n) is 10.2. The fourth-order valence-corrected chi connectivity index (χ4v) is 1.81. The molecule has 0 aliphatic carbocycles. The van der Waals surface area contributed by atoms with Crippen LogP contribution in [0.2, 0.25) is 10.0 Å². The van der Waals surface area contributed by atoms with Crippen LogP contribution in [0.25, 0.3) is 0 Å². The fourth-order valence-electron chi connectivity index (χ4n) is 1.51. The number of halogens is 2. The molecule has 1 rings (SSSR count). The largest absolute Gasteiger partial charge is 0.299 e. The van der Waals surface area contributed by atoms with Crippen LogP contribution in [0, 0.1) is 0 Å². The van der Waals surface area contributed by atoms with Crippen molar-refractivity contribution in [3.8, 4) is 0 Å². The number of rotatable bonds is 6. The maximum absolute atomic E-state index is 11.9. The SMILES string of the molecule is CCCCN(C)CC(=O)c1ccc(Cl)c(Cl)c1. The highest BCUT2D eigenvalue weighted by Gasteiger charge is 2.10. The van der Waals surface area contributed by atoms with Crippen molar-refractivity contribution in [2.75, 3.05) is 20.1 Å². The summed E-state index contributed by atoms with van der Waals surface area (Å²) in [5.41, 5.74) is 0.614. The summed E-state index contributed by atoms with van der Waals surface area (Å²) < 4.78 is 0. The molecule has 1 aromatic carbocycles. The first-order valence-corrected chi connectivity index (χ1v) is 6.47. The lowest BCUT2D eigenvalue weighted by Crippen LogP contribution is -2.26. The van der Waals surface area contributed by atoms with Crippen molar-refractivity contribution in [1.29, 1.82) is 0 Å². The monoisotopic (exact) mass is 273 g/mol. The molecule has 0 saturated carbocycles. The van der Waals surface area contributed by atoms with Crippen molar-refractivity contribution >= 4 is 29.0 Å². The Hall–Kier alpha value is -0.570. The molecule has 1 aromatic rings. The predicted octanol–water partition coefficient (Wildman–Crippen LogP) is 3.91. The fraction of sp³-hybridized carbons (Fsp3) is 0.462. The van der Waals surface area contributed by atoms with Gasteiger partial charge in [0.2, 0.25) is 0 Å². The van der Waals surface area contributed by atoms with E-state index in [4.69, 9.17) is 23.2 Å². The van der Waals surface area contributed by atoms with Crippen molar-refractivity contribution < 1.29 is 4.79 Å². The minimum Gasteiger partial charge on any atom is -0.299 e. The highest BCUT2D eigenvalue weighted by atomic mass is 35.5. The van der Waals surface area contributed by atoms with Crippen molar-refractivity contribution in [3.05, 3.63) is 33.8 Å². The Morgan fingerprint density at radius 2 is 2.00 bits per heavy atom. The van der Waals surface area contributed by atoms with Crippen molar-refractivity contribution in [2.45, 2.75) is 19.8 Å². The van der Waals surface area contributed by atoms with Gasteiger partial charge in [-0.05, 0) is 38.2 Å². The molecule has 0 aliphatic heterocycles. The first-order chi connectivity index (χ1) is 8.04. The molecule has 2 nitrogen and oxygen atoms in total. The number of hydrogen-bond acceptors (Lipinski definition) is 2. The van der Waals surface area contributed by atoms with E-state index in [-0.39, 0.29) is 5.78 Å². The van der Waals surface area contributed by atoms with Crippen LogP contribution in [0.5, 0.6) is 0 Å². The summed E-state index contributed by atoms with van der Waals surface area (Å²) in [5, 5.41) is 0.899. The summed E-state index contributed by atoms with van der Waals surface area (Å²) in [7, 11) is 1.95. The lowest BCUT2D eigenvalue weighted by molar-refractivity contribution is 0.0945. The average molecular weight is 274 g/mol. The van der Waals surface area contributed by atoms with Crippen LogP contribution >= 0.6 is 23.2 Å². The molecule has 0 amide bonds. The van der Waals surface area contributed by atoms with E-state index in [9.17, 15) is 4.79 Å². The molecule has 4 heteroatoms. The Balaban J connectivity index is 2.60. The maximum Gasteiger partial charge on any atom is 0.176 e. The molecule has 0 saturated heterocycles. The van der Waals surface area contributed by atoms with Crippen molar-refractivity contribution in [1.82, 2.24) is 4.90 Å². The van der Waals surface area contributed by atoms with E-state index < -0.39 is 0 Å². The van der Waals surface area contributed by atoms with Crippen molar-refractivity contribution in [3.63, 3.8) is 0 Å². The van der Waals surface area contributed by atoms with Gasteiger partial charge in [0.25, 0.3) is 0 Å². The van der Waals surface area contributed by atoms with Gasteiger partial charge in [-0.15, -0.1) is 0 Å². The summed E-state index contributed by atoms with van der Waals surface area (Å²) in [5.74, 6) is 0.0715. The minimum atomic E-state index is 0.0715. The second-order valence-corrected chi connectivity index (χ2v) is 4.96. The van der Waals surface area contributed by atoms with Gasteiger partial charge in [-0.25, -0.2) is 0 Å². The van der Waals surface area contributed by atoms with Crippen LogP contribution in [0.4, 0.5) is 0 Å². The van der Waals surface area contributed by atoms with Gasteiger partial charge in [0, 0.05) is 5.56 Å². The molecule has 0 spiro atoms. The Labute approximate surface area is 113 Å². The van der Waals surface area contributed by atoms with Crippen LogP contribution in [0.3, 0.4) is 0 Å². The summed E-state index contributed by atoms with van der Waals surface area (Å²) in [4.78, 5) is 14.0. The molecule has 0 radical (unpaired) electrons. The average Bonchev–Trinajstić information content (AvgIpc) is 2.30. The highest BCUT2D eigenvalue weighted by molar-refractivity contribution is 6.42. The van der Waals surface area contributed by atoms with Gasteiger partial charge in [0.05, 0.1) is 16.6 Å². The molecule has 0 aromatic heterocycles. The number of benzene rings is 1. The number of hydrogen-bond donors (Lipinski definition) is 0. The molecule has 0 atom stereocenters. The summed E-state index contributed by atoms with van der Waals surface area (Å²) in [6.07, 6.45) is 2.23. The van der Waals surface area contributed by atoms with Gasteiger partial charge in [-0.2, -0.15) is 0 Å². The van der Waals surface area contributed by atoms with E-state index in [0.717, 1.165) is 19.4 Å². The number of unbranched alkanes of at least 4 members (excludes halogenated alkanes) is 1. The maximum atomic E-state index is 11.9. The molecular weight excluding hydrogens is 257 g/mol. The Morgan fingerprint density at radius 1 is 1.29 bits per heavy atom. The molecule has 0 unspecified atom stereocenters. The predicted molar refractivity (Wildman–Crippen MR) is 73.2 cm³/mol. The van der Waals surface area contributed by atoms with Gasteiger partial charge < -0.3 is 0 Å². The standard InChI is InChI=1S/C13H17Cl2NO/c1-3-4-7-16(2)9-13(17)10-5-6-11(14)12(15)8-10/h5-6,8H,3-4,7,9H2,1-2H3. The third-order valence-corrected chi connectivity index (χ3v) is 3.29. The van der Waals surface area contributed by atoms with Crippen LogP contribution in [-0.2, 0) is 0 Å². The van der Waals surface area contributed by atoms with E-state index in [2.05, 4.69) is 6.92 Å². The van der Waals surface area contributed by atoms with Gasteiger partial charge in [-0.1, -0.05) is 36.5 Å². The molecule has 0 heterocycles. The highest BCUT2D eigenvalue weighted by Crippen LogP contribution is 2.22. The first kappa shape index (κ1) is 14.5. The number of nitrogens with zero attached hydrogens (tertiary/aromatic N) is 1. The van der Waals surface area contributed by atoms with E-state index in [1.807, 2.05) is 11.9 Å². The second kappa shape index (κ2) is 7.00. The Bertz CT molecular complexity index is 393. The molecule has 17 heavy (non-hydrogen) atoms. The lowest BCUT2D eigenvalue weighted by Gasteiger charge is -2.15. The van der Waals surface area contributed by atoms with Gasteiger partial charge in [0.15, 0.2) is 5.78 Å². The third kappa shape index (κ3) is 4.66. The summed E-state index contributed by atoms with van der Waals surface area (Å²) >= 11 is 11.7. The van der Waals surface area contributed by atoms with E-state index >= 15 is 0 Å². The summed E-state index contributed by atoms with van der Waals surface area (Å²) in [6.45, 7) is 3.48. The van der Waals surface area contributed by atoms with Gasteiger partial charge in [0.1, 0.15) is 0 Å². The molecule has 94 valence electrons. The second-order valence-electron chi connectivity index (χ2n) is 4.14. The minimum absolute atomic E-state index is 0.0715. The number of carbonyl (C=O) groups is 1. The molecular formula is C13H17Cl2NO. The number of ketones is 1. The topological polar surface area (TPSA) is 20.3 Å². The summed E-state index contributed by atoms with van der Waals surface area (Å²) in [6, 6.07) is 4.99. The Kier molecular flexibility index (Phi) is 5.96. The number of likely N-dealkylation sites (N-methyl/N-ethyl adjacent to an activating group) is 1. The number of Topliss-reactive ketones (excluding diaryl/α,β-unsaturated/α-hetero) is 1. The molecule has 0 bridgehead atoms. The lowest BCUT2D eigenvalue weighted by atomic mass is 10.1. The zero-order valence-corrected chi connectivity index (χ0v) is 11.7. The van der Waals surface area contributed by atoms with Crippen LogP contribution in [0.1, 0.15) is 30.1 Å². The molecule has 0 aliphatic rings. The molecule has 0 fully saturated rings. The molecule has 0 N–H and O–H groups in total. The van der Waals surface area contributed by atoms with E-state index in [0.29, 0.717) is 22.2 Å². The van der Waals surface area contributed by atoms with Crippen molar-refractivity contribution in [2.24, 2.45) is 0 Å². The van der Waals surface area contributed by atoms with Crippen LogP contribution < -0.4 is 0 Å². The van der Waals surface area contributed by atoms with E-state index in [1.54, 1.807) is 18.2 Å². The van der Waals surface area contributed by atoms with Crippen LogP contribution in [-0.4, -0.2) is 30.8 Å². The number of carbonyl (C=O) groups excluding carboxylic acids is 1. The van der Waals surface area contributed by atoms with E-state index in [1.165, 1.54) is 0 Å². The smallest absolute Gasteiger partial charge is 0.176 e. The van der Waals surface area contributed by atoms with Gasteiger partial charge >= 0.3 is 0 Å².